The van der Waals surface area contributed by atoms with Crippen molar-refractivity contribution < 1.29 is 5.11 Å². The van der Waals surface area contributed by atoms with Gasteiger partial charge in [0.25, 0.3) is 0 Å². The first-order valence-electron chi connectivity index (χ1n) is 3.71. The number of alkyl halides is 1. The molecule has 2 rings (SSSR count). The Hall–Kier alpha value is -0.190. The number of benzene rings is 1. The molecule has 0 aliphatic rings. The Morgan fingerprint density at radius 2 is 2.31 bits per heavy atom. The van der Waals surface area contributed by atoms with E-state index >= 15 is 0 Å². The molecule has 68 valence electrons. The van der Waals surface area contributed by atoms with Gasteiger partial charge in [0, 0.05) is 10.9 Å². The maximum absolute atomic E-state index is 9.71. The second-order valence-corrected chi connectivity index (χ2v) is 4.63. The minimum atomic E-state index is 0.287. The molecule has 0 radical (unpaired) electrons. The molecule has 0 amide bonds. The lowest BCUT2D eigenvalue weighted by atomic mass is 10.2. The molecule has 13 heavy (non-hydrogen) atoms. The van der Waals surface area contributed by atoms with E-state index in [9.17, 15) is 5.11 Å². The lowest BCUT2D eigenvalue weighted by Gasteiger charge is -2.04. The van der Waals surface area contributed by atoms with Crippen molar-refractivity contribution in [1.29, 1.82) is 0 Å². The third-order valence-corrected chi connectivity index (χ3v) is 4.05. The van der Waals surface area contributed by atoms with Crippen LogP contribution in [-0.2, 0) is 5.33 Å². The van der Waals surface area contributed by atoms with Crippen molar-refractivity contribution in [3.63, 3.8) is 0 Å². The van der Waals surface area contributed by atoms with Gasteiger partial charge in [0.05, 0.1) is 9.60 Å². The van der Waals surface area contributed by atoms with Gasteiger partial charge in [0.1, 0.15) is 5.75 Å². The van der Waals surface area contributed by atoms with E-state index in [0.29, 0.717) is 10.2 Å². The molecule has 0 saturated carbocycles. The number of hydrogen-bond acceptors (Lipinski definition) is 3. The van der Waals surface area contributed by atoms with Crippen molar-refractivity contribution in [3.05, 3.63) is 23.1 Å². The Kier molecular flexibility index (Phi) is 2.53. The molecule has 0 aliphatic carbocycles. The van der Waals surface area contributed by atoms with Crippen LogP contribution in [0.4, 0.5) is 0 Å². The first-order chi connectivity index (χ1) is 6.24. The second-order valence-electron chi connectivity index (χ2n) is 2.71. The van der Waals surface area contributed by atoms with E-state index in [-0.39, 0.29) is 5.75 Å². The highest BCUT2D eigenvalue weighted by Gasteiger charge is 2.09. The molecule has 1 aromatic carbocycles. The van der Waals surface area contributed by atoms with Gasteiger partial charge in [-0.2, -0.15) is 0 Å². The van der Waals surface area contributed by atoms with Gasteiger partial charge < -0.3 is 5.11 Å². The zero-order valence-electron chi connectivity index (χ0n) is 6.62. The van der Waals surface area contributed by atoms with E-state index in [1.807, 2.05) is 17.5 Å². The molecule has 0 aliphatic heterocycles. The predicted molar refractivity (Wildman–Crippen MR) is 63.4 cm³/mol. The molecule has 1 nitrogen and oxygen atoms in total. The molecule has 0 unspecified atom stereocenters. The van der Waals surface area contributed by atoms with E-state index < -0.39 is 0 Å². The SMILES string of the molecule is Oc1c(CBr)cc2ccsc2c1S. The summed E-state index contributed by atoms with van der Waals surface area (Å²) in [6.07, 6.45) is 0. The summed E-state index contributed by atoms with van der Waals surface area (Å²) in [5.74, 6) is 0.287. The predicted octanol–water partition coefficient (Wildman–Crippen LogP) is 3.79. The smallest absolute Gasteiger partial charge is 0.134 e. The molecule has 2 aromatic rings. The lowest BCUT2D eigenvalue weighted by Crippen LogP contribution is -1.80. The topological polar surface area (TPSA) is 20.2 Å². The van der Waals surface area contributed by atoms with E-state index in [1.165, 1.54) is 0 Å². The number of phenolic OH excluding ortho intramolecular Hbond substituents is 1. The van der Waals surface area contributed by atoms with Crippen LogP contribution in [0.5, 0.6) is 5.75 Å². The Bertz CT molecular complexity index is 450. The normalized spacial score (nSPS) is 10.9. The van der Waals surface area contributed by atoms with Gasteiger partial charge in [-0.3, -0.25) is 0 Å². The van der Waals surface area contributed by atoms with Crippen molar-refractivity contribution in [1.82, 2.24) is 0 Å². The maximum atomic E-state index is 9.71. The minimum absolute atomic E-state index is 0.287. The van der Waals surface area contributed by atoms with E-state index in [2.05, 4.69) is 28.6 Å². The average Bonchev–Trinajstić information content (AvgIpc) is 2.59. The van der Waals surface area contributed by atoms with Crippen LogP contribution in [0.3, 0.4) is 0 Å². The quantitative estimate of drug-likeness (QED) is 0.599. The number of rotatable bonds is 1. The Labute approximate surface area is 93.9 Å². The summed E-state index contributed by atoms with van der Waals surface area (Å²) in [6, 6.07) is 4.01. The van der Waals surface area contributed by atoms with Gasteiger partial charge in [-0.1, -0.05) is 15.9 Å². The molecular weight excluding hydrogens is 268 g/mol. The highest BCUT2D eigenvalue weighted by Crippen LogP contribution is 2.37. The van der Waals surface area contributed by atoms with Crippen LogP contribution >= 0.6 is 39.9 Å². The standard InChI is InChI=1S/C9H7BrOS2/c10-4-6-3-5-1-2-13-9(5)8(12)7(6)11/h1-3,11-12H,4H2. The van der Waals surface area contributed by atoms with Crippen molar-refractivity contribution in [2.24, 2.45) is 0 Å². The number of thiophene rings is 1. The molecule has 1 aromatic heterocycles. The second kappa shape index (κ2) is 3.52. The minimum Gasteiger partial charge on any atom is -0.506 e. The largest absolute Gasteiger partial charge is 0.506 e. The van der Waals surface area contributed by atoms with E-state index in [4.69, 9.17) is 0 Å². The Balaban J connectivity index is 2.83. The van der Waals surface area contributed by atoms with Gasteiger partial charge in [-0.15, -0.1) is 24.0 Å². The molecule has 0 bridgehead atoms. The number of fused-ring (bicyclic) bond motifs is 1. The fourth-order valence-electron chi connectivity index (χ4n) is 1.24. The van der Waals surface area contributed by atoms with Crippen molar-refractivity contribution in [2.75, 3.05) is 0 Å². The van der Waals surface area contributed by atoms with Crippen LogP contribution in [0.2, 0.25) is 0 Å². The van der Waals surface area contributed by atoms with Crippen LogP contribution in [0.1, 0.15) is 5.56 Å². The summed E-state index contributed by atoms with van der Waals surface area (Å²) in [7, 11) is 0. The highest BCUT2D eigenvalue weighted by molar-refractivity contribution is 9.08. The molecule has 0 fully saturated rings. The number of thiol groups is 1. The average molecular weight is 275 g/mol. The molecule has 4 heteroatoms. The monoisotopic (exact) mass is 274 g/mol. The number of phenols is 1. The molecule has 1 heterocycles. The molecule has 1 N–H and O–H groups in total. The van der Waals surface area contributed by atoms with Crippen LogP contribution in [0, 0.1) is 0 Å². The fraction of sp³-hybridized carbons (Fsp3) is 0.111. The van der Waals surface area contributed by atoms with Gasteiger partial charge in [0.15, 0.2) is 0 Å². The number of aromatic hydroxyl groups is 1. The van der Waals surface area contributed by atoms with Gasteiger partial charge >= 0.3 is 0 Å². The zero-order chi connectivity index (χ0) is 9.42. The Morgan fingerprint density at radius 1 is 1.54 bits per heavy atom. The van der Waals surface area contributed by atoms with Crippen molar-refractivity contribution >= 4 is 50.0 Å². The summed E-state index contributed by atoms with van der Waals surface area (Å²) in [5.41, 5.74) is 0.885. The highest BCUT2D eigenvalue weighted by atomic mass is 79.9. The zero-order valence-corrected chi connectivity index (χ0v) is 9.92. The summed E-state index contributed by atoms with van der Waals surface area (Å²) < 4.78 is 1.05. The third-order valence-electron chi connectivity index (χ3n) is 1.91. The summed E-state index contributed by atoms with van der Waals surface area (Å²) in [5, 5.41) is 13.5. The first kappa shape index (κ1) is 9.37. The van der Waals surface area contributed by atoms with Crippen LogP contribution in [0.15, 0.2) is 22.4 Å². The number of hydrogen-bond donors (Lipinski definition) is 2. The molecule has 0 atom stereocenters. The van der Waals surface area contributed by atoms with Gasteiger partial charge in [0.2, 0.25) is 0 Å². The molecule has 0 saturated heterocycles. The first-order valence-corrected chi connectivity index (χ1v) is 6.16. The maximum Gasteiger partial charge on any atom is 0.134 e. The van der Waals surface area contributed by atoms with Crippen LogP contribution in [0.25, 0.3) is 10.1 Å². The van der Waals surface area contributed by atoms with Crippen LogP contribution in [-0.4, -0.2) is 5.11 Å². The summed E-state index contributed by atoms with van der Waals surface area (Å²) in [6.45, 7) is 0. The van der Waals surface area contributed by atoms with E-state index in [0.717, 1.165) is 15.6 Å². The summed E-state index contributed by atoms with van der Waals surface area (Å²) in [4.78, 5) is 0.682. The number of halogens is 1. The lowest BCUT2D eigenvalue weighted by molar-refractivity contribution is 0.460. The van der Waals surface area contributed by atoms with Gasteiger partial charge in [-0.05, 0) is 22.9 Å². The fourth-order valence-corrected chi connectivity index (χ4v) is 2.92. The summed E-state index contributed by atoms with van der Waals surface area (Å²) >= 11 is 9.21. The Morgan fingerprint density at radius 3 is 3.00 bits per heavy atom. The van der Waals surface area contributed by atoms with Crippen LogP contribution < -0.4 is 0 Å². The molecular formula is C9H7BrOS2. The van der Waals surface area contributed by atoms with Crippen molar-refractivity contribution in [3.8, 4) is 5.75 Å². The third kappa shape index (κ3) is 1.47. The van der Waals surface area contributed by atoms with Crippen molar-refractivity contribution in [2.45, 2.75) is 10.2 Å². The molecule has 0 spiro atoms. The van der Waals surface area contributed by atoms with E-state index in [1.54, 1.807) is 11.3 Å². The van der Waals surface area contributed by atoms with Gasteiger partial charge in [-0.25, -0.2) is 0 Å².